The first-order chi connectivity index (χ1) is 13.7. The van der Waals surface area contributed by atoms with E-state index >= 15 is 0 Å². The smallest absolute Gasteiger partial charge is 0.318 e. The molecule has 0 saturated heterocycles. The number of aliphatic hydroxyl groups excluding tert-OH is 1. The van der Waals surface area contributed by atoms with E-state index in [-0.39, 0.29) is 24.0 Å². The van der Waals surface area contributed by atoms with Gasteiger partial charge in [0.25, 0.3) is 8.32 Å². The number of methoxy groups -OCH3 is 1. The van der Waals surface area contributed by atoms with Gasteiger partial charge in [-0.1, -0.05) is 93.6 Å². The van der Waals surface area contributed by atoms with Crippen LogP contribution in [0.1, 0.15) is 27.2 Å². The normalized spacial score (nSPS) is 21.9. The highest BCUT2D eigenvalue weighted by molar-refractivity contribution is 6.99. The lowest BCUT2D eigenvalue weighted by atomic mass is 9.88. The van der Waals surface area contributed by atoms with Crippen molar-refractivity contribution in [2.75, 3.05) is 13.7 Å². The van der Waals surface area contributed by atoms with Crippen molar-refractivity contribution in [2.24, 2.45) is 5.41 Å². The minimum atomic E-state index is -2.77. The molecule has 0 aliphatic heterocycles. The lowest BCUT2D eigenvalue weighted by Gasteiger charge is -2.44. The third-order valence-electron chi connectivity index (χ3n) is 5.77. The predicted octanol–water partition coefficient (Wildman–Crippen LogP) is 3.04. The van der Waals surface area contributed by atoms with Gasteiger partial charge >= 0.3 is 5.97 Å². The fraction of sp³-hybridized carbons (Fsp3) is 0.375. The summed E-state index contributed by atoms with van der Waals surface area (Å²) in [6, 6.07) is 20.6. The van der Waals surface area contributed by atoms with Crippen molar-refractivity contribution in [2.45, 2.75) is 38.3 Å². The molecule has 0 aromatic heterocycles. The molecule has 0 radical (unpaired) electrons. The van der Waals surface area contributed by atoms with Gasteiger partial charge in [0.1, 0.15) is 5.41 Å². The lowest BCUT2D eigenvalue weighted by Crippen LogP contribution is -2.67. The number of esters is 1. The Morgan fingerprint density at radius 3 is 1.97 bits per heavy atom. The summed E-state index contributed by atoms with van der Waals surface area (Å²) in [6.07, 6.45) is 3.02. The van der Waals surface area contributed by atoms with E-state index in [0.29, 0.717) is 0 Å². The van der Waals surface area contributed by atoms with Gasteiger partial charge in [-0.05, 0) is 21.8 Å². The molecule has 1 aliphatic carbocycles. The second-order valence-electron chi connectivity index (χ2n) is 8.73. The van der Waals surface area contributed by atoms with Gasteiger partial charge < -0.3 is 14.3 Å². The average Bonchev–Trinajstić information content (AvgIpc) is 3.10. The van der Waals surface area contributed by atoms with Crippen molar-refractivity contribution in [3.63, 3.8) is 0 Å². The second kappa shape index (κ2) is 8.26. The SMILES string of the molecule is COC(=O)[C@]1(CO[Si](c2ccccc2)(c2ccccc2)C(C)(C)C)C=C[C@@H](O)C1. The molecule has 2 atom stereocenters. The first-order valence-corrected chi connectivity index (χ1v) is 11.9. The minimum absolute atomic E-state index is 0.167. The second-order valence-corrected chi connectivity index (χ2v) is 13.0. The number of benzene rings is 2. The molecule has 3 rings (SSSR count). The van der Waals surface area contributed by atoms with Crippen molar-refractivity contribution >= 4 is 24.7 Å². The first kappa shape index (κ1) is 21.5. The fourth-order valence-corrected chi connectivity index (χ4v) is 8.95. The summed E-state index contributed by atoms with van der Waals surface area (Å²) in [5.74, 6) is -0.372. The summed E-state index contributed by atoms with van der Waals surface area (Å²) in [4.78, 5) is 12.7. The maximum absolute atomic E-state index is 12.7. The Balaban J connectivity index is 2.11. The summed E-state index contributed by atoms with van der Waals surface area (Å²) in [6.45, 7) is 6.76. The van der Waals surface area contributed by atoms with Crippen LogP contribution < -0.4 is 10.4 Å². The van der Waals surface area contributed by atoms with E-state index in [9.17, 15) is 9.90 Å². The topological polar surface area (TPSA) is 55.8 Å². The Bertz CT molecular complexity index is 818. The number of carbonyl (C=O) groups is 1. The van der Waals surface area contributed by atoms with Crippen molar-refractivity contribution < 1.29 is 19.1 Å². The maximum Gasteiger partial charge on any atom is 0.318 e. The van der Waals surface area contributed by atoms with Crippen LogP contribution in [0, 0.1) is 5.41 Å². The van der Waals surface area contributed by atoms with E-state index in [1.165, 1.54) is 7.11 Å². The third kappa shape index (κ3) is 3.95. The zero-order valence-electron chi connectivity index (χ0n) is 17.6. The van der Waals surface area contributed by atoms with Gasteiger partial charge in [0.15, 0.2) is 0 Å². The van der Waals surface area contributed by atoms with Gasteiger partial charge in [0.2, 0.25) is 0 Å². The fourth-order valence-electron chi connectivity index (χ4n) is 4.32. The van der Waals surface area contributed by atoms with E-state index < -0.39 is 19.8 Å². The monoisotopic (exact) mass is 410 g/mol. The van der Waals surface area contributed by atoms with Gasteiger partial charge in [0, 0.05) is 0 Å². The Labute approximate surface area is 174 Å². The molecule has 0 heterocycles. The van der Waals surface area contributed by atoms with Gasteiger partial charge in [-0.3, -0.25) is 4.79 Å². The van der Waals surface area contributed by atoms with Gasteiger partial charge in [-0.15, -0.1) is 0 Å². The molecule has 1 N–H and O–H groups in total. The molecule has 29 heavy (non-hydrogen) atoms. The number of aliphatic hydroxyl groups is 1. The number of rotatable bonds is 6. The number of hydrogen-bond acceptors (Lipinski definition) is 4. The van der Waals surface area contributed by atoms with E-state index in [1.807, 2.05) is 36.4 Å². The highest BCUT2D eigenvalue weighted by Crippen LogP contribution is 2.40. The van der Waals surface area contributed by atoms with E-state index in [2.05, 4.69) is 45.0 Å². The number of carbonyl (C=O) groups excluding carboxylic acids is 1. The number of ether oxygens (including phenoxy) is 1. The molecule has 154 valence electrons. The quantitative estimate of drug-likeness (QED) is 0.452. The minimum Gasteiger partial charge on any atom is -0.468 e. The van der Waals surface area contributed by atoms with Crippen LogP contribution in [-0.4, -0.2) is 39.2 Å². The van der Waals surface area contributed by atoms with Crippen LogP contribution in [0.25, 0.3) is 0 Å². The molecule has 0 spiro atoms. The van der Waals surface area contributed by atoms with Crippen LogP contribution in [0.2, 0.25) is 5.04 Å². The first-order valence-electron chi connectivity index (χ1n) is 9.96. The molecule has 0 amide bonds. The van der Waals surface area contributed by atoms with Gasteiger partial charge in [-0.2, -0.15) is 0 Å². The predicted molar refractivity (Wildman–Crippen MR) is 118 cm³/mol. The summed E-state index contributed by atoms with van der Waals surface area (Å²) >= 11 is 0. The van der Waals surface area contributed by atoms with E-state index in [4.69, 9.17) is 9.16 Å². The zero-order chi connectivity index (χ0) is 21.1. The molecule has 2 aromatic rings. The van der Waals surface area contributed by atoms with Crippen molar-refractivity contribution in [3.05, 3.63) is 72.8 Å². The van der Waals surface area contributed by atoms with Crippen LogP contribution in [-0.2, 0) is 14.0 Å². The Hall–Kier alpha value is -2.21. The van der Waals surface area contributed by atoms with Crippen LogP contribution in [0.3, 0.4) is 0 Å². The molecule has 0 bridgehead atoms. The molecular weight excluding hydrogens is 380 g/mol. The van der Waals surface area contributed by atoms with Crippen molar-refractivity contribution in [1.29, 1.82) is 0 Å². The molecule has 0 saturated carbocycles. The summed E-state index contributed by atoms with van der Waals surface area (Å²) < 4.78 is 12.0. The standard InChI is InChI=1S/C24H30O4Si/c1-23(2,3)29(20-11-7-5-8-12-20,21-13-9-6-10-14-21)28-18-24(22(26)27-4)16-15-19(25)17-24/h5-16,19,25H,17-18H2,1-4H3/t19-,24-/m1/s1. The van der Waals surface area contributed by atoms with Gasteiger partial charge in [-0.25, -0.2) is 0 Å². The molecular formula is C24H30O4Si. The summed E-state index contributed by atoms with van der Waals surface area (Å²) in [5.41, 5.74) is -0.971. The Morgan fingerprint density at radius 2 is 1.59 bits per heavy atom. The van der Waals surface area contributed by atoms with Crippen LogP contribution in [0.5, 0.6) is 0 Å². The van der Waals surface area contributed by atoms with Crippen molar-refractivity contribution in [3.8, 4) is 0 Å². The van der Waals surface area contributed by atoms with Crippen molar-refractivity contribution in [1.82, 2.24) is 0 Å². The van der Waals surface area contributed by atoms with E-state index in [0.717, 1.165) is 10.4 Å². The Kier molecular flexibility index (Phi) is 6.12. The summed E-state index contributed by atoms with van der Waals surface area (Å²) in [7, 11) is -1.39. The summed E-state index contributed by atoms with van der Waals surface area (Å²) in [5, 5.41) is 12.2. The molecule has 5 heteroatoms. The van der Waals surface area contributed by atoms with Crippen LogP contribution in [0.4, 0.5) is 0 Å². The molecule has 0 unspecified atom stereocenters. The highest BCUT2D eigenvalue weighted by atomic mass is 28.4. The third-order valence-corrected chi connectivity index (χ3v) is 10.7. The largest absolute Gasteiger partial charge is 0.468 e. The molecule has 1 aliphatic rings. The van der Waals surface area contributed by atoms with Crippen LogP contribution in [0.15, 0.2) is 72.8 Å². The Morgan fingerprint density at radius 1 is 1.07 bits per heavy atom. The van der Waals surface area contributed by atoms with Crippen LogP contribution >= 0.6 is 0 Å². The zero-order valence-corrected chi connectivity index (χ0v) is 18.6. The maximum atomic E-state index is 12.7. The molecule has 4 nitrogen and oxygen atoms in total. The van der Waals surface area contributed by atoms with E-state index in [1.54, 1.807) is 12.2 Å². The van der Waals surface area contributed by atoms with Gasteiger partial charge in [0.05, 0.1) is 19.8 Å². The molecule has 0 fully saturated rings. The average molecular weight is 411 g/mol. The number of hydrogen-bond donors (Lipinski definition) is 1. The highest BCUT2D eigenvalue weighted by Gasteiger charge is 2.53. The molecule has 2 aromatic carbocycles. The lowest BCUT2D eigenvalue weighted by molar-refractivity contribution is -0.152.